The molecule has 6 heteroatoms. The van der Waals surface area contributed by atoms with Gasteiger partial charge in [0.25, 0.3) is 0 Å². The second-order valence-electron chi connectivity index (χ2n) is 5.00. The molecule has 0 aromatic rings. The summed E-state index contributed by atoms with van der Waals surface area (Å²) in [6.07, 6.45) is 2.73. The number of urea groups is 1. The number of carbonyl (C=O) groups is 2. The van der Waals surface area contributed by atoms with E-state index in [1.807, 2.05) is 13.8 Å². The molecule has 0 aliphatic heterocycles. The van der Waals surface area contributed by atoms with Gasteiger partial charge in [-0.15, -0.1) is 0 Å². The summed E-state index contributed by atoms with van der Waals surface area (Å²) < 4.78 is 0. The lowest BCUT2D eigenvalue weighted by atomic mass is 9.84. The van der Waals surface area contributed by atoms with Crippen LogP contribution >= 0.6 is 0 Å². The van der Waals surface area contributed by atoms with Crippen LogP contribution in [0.25, 0.3) is 0 Å². The van der Waals surface area contributed by atoms with Crippen molar-refractivity contribution in [1.29, 1.82) is 0 Å². The molecule has 0 aromatic heterocycles. The first-order valence-electron chi connectivity index (χ1n) is 6.21. The Balaban J connectivity index is 2.45. The Morgan fingerprint density at radius 2 is 2.39 bits per heavy atom. The van der Waals surface area contributed by atoms with Crippen molar-refractivity contribution in [3.63, 3.8) is 0 Å². The first kappa shape index (κ1) is 14.6. The maximum atomic E-state index is 11.7. The summed E-state index contributed by atoms with van der Waals surface area (Å²) in [4.78, 5) is 22.1. The van der Waals surface area contributed by atoms with Crippen LogP contribution in [0, 0.1) is 17.8 Å². The molecule has 4 atom stereocenters. The van der Waals surface area contributed by atoms with Gasteiger partial charge in [0.05, 0.1) is 6.10 Å². The summed E-state index contributed by atoms with van der Waals surface area (Å²) in [7, 11) is 0. The van der Waals surface area contributed by atoms with E-state index in [9.17, 15) is 14.7 Å². The average Bonchev–Trinajstić information content (AvgIpc) is 2.63. The minimum Gasteiger partial charge on any atom is -0.392 e. The predicted octanol–water partition coefficient (Wildman–Crippen LogP) is 0.643. The van der Waals surface area contributed by atoms with Crippen LogP contribution in [-0.2, 0) is 4.79 Å². The SMILES string of the molecule is CC1CCC(=O)[C@@H]1[C@H](O)[C@H](C)C/C=N/NC(N)=O. The number of aliphatic hydroxyl groups excluding tert-OH is 1. The van der Waals surface area contributed by atoms with Crippen molar-refractivity contribution in [3.8, 4) is 0 Å². The Bertz CT molecular complexity index is 343. The van der Waals surface area contributed by atoms with Gasteiger partial charge in [0, 0.05) is 18.6 Å². The molecule has 1 fully saturated rings. The number of hydrogen-bond donors (Lipinski definition) is 3. The van der Waals surface area contributed by atoms with E-state index in [0.29, 0.717) is 12.8 Å². The van der Waals surface area contributed by atoms with Crippen LogP contribution in [0.4, 0.5) is 4.79 Å². The fraction of sp³-hybridized carbons (Fsp3) is 0.750. The van der Waals surface area contributed by atoms with Crippen molar-refractivity contribution < 1.29 is 14.7 Å². The molecule has 1 unspecified atom stereocenters. The smallest absolute Gasteiger partial charge is 0.332 e. The standard InChI is InChI=1S/C12H21N3O3/c1-7-3-4-9(16)10(7)11(17)8(2)5-6-14-15-12(13)18/h6-8,10-11,17H,3-5H2,1-2H3,(H3,13,15,18)/b14-6+/t7?,8-,10-,11-/m1/s1. The number of carbonyl (C=O) groups excluding carboxylic acids is 2. The van der Waals surface area contributed by atoms with E-state index in [1.165, 1.54) is 6.21 Å². The number of hydrogen-bond acceptors (Lipinski definition) is 4. The molecule has 1 rings (SSSR count). The van der Waals surface area contributed by atoms with Crippen LogP contribution in [0.1, 0.15) is 33.1 Å². The van der Waals surface area contributed by atoms with Gasteiger partial charge in [0.15, 0.2) is 0 Å². The van der Waals surface area contributed by atoms with E-state index >= 15 is 0 Å². The molecule has 4 N–H and O–H groups in total. The fourth-order valence-electron chi connectivity index (χ4n) is 2.38. The molecule has 18 heavy (non-hydrogen) atoms. The predicted molar refractivity (Wildman–Crippen MR) is 67.9 cm³/mol. The van der Waals surface area contributed by atoms with Crippen molar-refractivity contribution in [2.24, 2.45) is 28.6 Å². The number of ketones is 1. The molecule has 1 aliphatic rings. The molecule has 1 aliphatic carbocycles. The summed E-state index contributed by atoms with van der Waals surface area (Å²) in [5.74, 6) is 0.0279. The van der Waals surface area contributed by atoms with Gasteiger partial charge in [0.2, 0.25) is 0 Å². The highest BCUT2D eigenvalue weighted by molar-refractivity contribution is 5.84. The second kappa shape index (κ2) is 6.49. The molecule has 1 saturated carbocycles. The molecule has 0 saturated heterocycles. The van der Waals surface area contributed by atoms with Crippen LogP contribution in [-0.4, -0.2) is 29.2 Å². The van der Waals surface area contributed by atoms with Gasteiger partial charge in [-0.2, -0.15) is 5.10 Å². The van der Waals surface area contributed by atoms with Crippen molar-refractivity contribution in [1.82, 2.24) is 5.43 Å². The third kappa shape index (κ3) is 3.80. The maximum Gasteiger partial charge on any atom is 0.332 e. The number of nitrogens with two attached hydrogens (primary N) is 1. The zero-order valence-electron chi connectivity index (χ0n) is 10.8. The van der Waals surface area contributed by atoms with Crippen LogP contribution in [0.15, 0.2) is 5.10 Å². The van der Waals surface area contributed by atoms with Crippen molar-refractivity contribution in [2.45, 2.75) is 39.2 Å². The molecular weight excluding hydrogens is 234 g/mol. The molecule has 0 radical (unpaired) electrons. The van der Waals surface area contributed by atoms with Crippen LogP contribution in [0.2, 0.25) is 0 Å². The highest BCUT2D eigenvalue weighted by atomic mass is 16.3. The number of nitrogens with one attached hydrogen (secondary N) is 1. The van der Waals surface area contributed by atoms with E-state index in [-0.39, 0.29) is 23.5 Å². The third-order valence-corrected chi connectivity index (χ3v) is 3.53. The van der Waals surface area contributed by atoms with Crippen molar-refractivity contribution >= 4 is 18.0 Å². The summed E-state index contributed by atoms with van der Waals surface area (Å²) in [5, 5.41) is 13.8. The average molecular weight is 255 g/mol. The van der Waals surface area contributed by atoms with Gasteiger partial charge in [-0.1, -0.05) is 13.8 Å². The minimum absolute atomic E-state index is 0.0853. The number of nitrogens with zero attached hydrogens (tertiary/aromatic N) is 1. The summed E-state index contributed by atoms with van der Waals surface area (Å²) in [6.45, 7) is 3.85. The van der Waals surface area contributed by atoms with E-state index in [2.05, 4.69) is 10.5 Å². The number of rotatable bonds is 5. The summed E-state index contributed by atoms with van der Waals surface area (Å²) >= 11 is 0. The van der Waals surface area contributed by atoms with Gasteiger partial charge in [-0.05, 0) is 24.7 Å². The second-order valence-corrected chi connectivity index (χ2v) is 5.00. The minimum atomic E-state index is -0.723. The lowest BCUT2D eigenvalue weighted by Gasteiger charge is -2.25. The Hall–Kier alpha value is -1.43. The topological polar surface area (TPSA) is 105 Å². The summed E-state index contributed by atoms with van der Waals surface area (Å²) in [5.41, 5.74) is 6.93. The lowest BCUT2D eigenvalue weighted by Crippen LogP contribution is -2.33. The number of primary amides is 1. The van der Waals surface area contributed by atoms with Crippen LogP contribution in [0.3, 0.4) is 0 Å². The third-order valence-electron chi connectivity index (χ3n) is 3.53. The quantitative estimate of drug-likeness (QED) is 0.496. The maximum absolute atomic E-state index is 11.7. The number of Topliss-reactive ketones (excluding diaryl/α,β-unsaturated/α-hetero) is 1. The first-order chi connectivity index (χ1) is 8.43. The molecule has 0 bridgehead atoms. The van der Waals surface area contributed by atoms with Gasteiger partial charge in [-0.3, -0.25) is 4.79 Å². The molecule has 0 aromatic carbocycles. The Kier molecular flexibility index (Phi) is 5.27. The number of aliphatic hydroxyl groups is 1. The molecular formula is C12H21N3O3. The fourth-order valence-corrected chi connectivity index (χ4v) is 2.38. The van der Waals surface area contributed by atoms with Crippen molar-refractivity contribution in [3.05, 3.63) is 0 Å². The molecule has 0 spiro atoms. The van der Waals surface area contributed by atoms with Gasteiger partial charge in [-0.25, -0.2) is 10.2 Å². The number of amides is 2. The Morgan fingerprint density at radius 1 is 1.72 bits per heavy atom. The first-order valence-corrected chi connectivity index (χ1v) is 6.21. The van der Waals surface area contributed by atoms with E-state index in [0.717, 1.165) is 6.42 Å². The van der Waals surface area contributed by atoms with Crippen LogP contribution < -0.4 is 11.2 Å². The van der Waals surface area contributed by atoms with Crippen LogP contribution in [0.5, 0.6) is 0 Å². The van der Waals surface area contributed by atoms with E-state index in [1.54, 1.807) is 0 Å². The lowest BCUT2D eigenvalue weighted by molar-refractivity contribution is -0.125. The Labute approximate surface area is 107 Å². The normalized spacial score (nSPS) is 27.4. The zero-order chi connectivity index (χ0) is 13.7. The highest BCUT2D eigenvalue weighted by Gasteiger charge is 2.38. The summed E-state index contributed by atoms with van der Waals surface area (Å²) in [6, 6.07) is -0.723. The Morgan fingerprint density at radius 3 is 2.89 bits per heavy atom. The monoisotopic (exact) mass is 255 g/mol. The molecule has 6 nitrogen and oxygen atoms in total. The van der Waals surface area contributed by atoms with E-state index < -0.39 is 12.1 Å². The number of hydrazone groups is 1. The zero-order valence-corrected chi connectivity index (χ0v) is 10.8. The largest absolute Gasteiger partial charge is 0.392 e. The van der Waals surface area contributed by atoms with Gasteiger partial charge < -0.3 is 10.8 Å². The molecule has 0 heterocycles. The van der Waals surface area contributed by atoms with Gasteiger partial charge in [0.1, 0.15) is 5.78 Å². The van der Waals surface area contributed by atoms with Gasteiger partial charge >= 0.3 is 6.03 Å². The highest BCUT2D eigenvalue weighted by Crippen LogP contribution is 2.33. The van der Waals surface area contributed by atoms with E-state index in [4.69, 9.17) is 5.73 Å². The molecule has 2 amide bonds. The van der Waals surface area contributed by atoms with Crippen molar-refractivity contribution in [2.75, 3.05) is 0 Å². The molecule has 102 valence electrons.